The molecule has 0 spiro atoms. The smallest absolute Gasteiger partial charge is 0.321 e. The first-order chi connectivity index (χ1) is 7.04. The summed E-state index contributed by atoms with van der Waals surface area (Å²) in [6, 6.07) is 0. The number of rotatable bonds is 3. The lowest BCUT2D eigenvalue weighted by molar-refractivity contribution is -0.152. The van der Waals surface area contributed by atoms with Gasteiger partial charge in [-0.3, -0.25) is 4.79 Å². The van der Waals surface area contributed by atoms with Crippen molar-refractivity contribution in [1.29, 1.82) is 0 Å². The molecule has 2 nitrogen and oxygen atoms in total. The van der Waals surface area contributed by atoms with Crippen molar-refractivity contribution in [3.05, 3.63) is 0 Å². The zero-order chi connectivity index (χ0) is 11.4. The minimum Gasteiger partial charge on any atom is -0.461 e. The summed E-state index contributed by atoms with van der Waals surface area (Å²) in [5.74, 6) is 1.43. The Hall–Kier alpha value is -0.240. The summed E-state index contributed by atoms with van der Waals surface area (Å²) in [6.45, 7) is 6.61. The molecule has 0 aromatic carbocycles. The number of esters is 1. The van der Waals surface area contributed by atoms with E-state index in [9.17, 15) is 4.79 Å². The van der Waals surface area contributed by atoms with E-state index >= 15 is 0 Å². The SMILES string of the molecule is CC(C)C1CC[C@@H](C)CC1OC(=O)CCl. The van der Waals surface area contributed by atoms with Gasteiger partial charge < -0.3 is 4.74 Å². The molecule has 3 atom stereocenters. The predicted molar refractivity (Wildman–Crippen MR) is 61.9 cm³/mol. The van der Waals surface area contributed by atoms with Gasteiger partial charge in [-0.1, -0.05) is 27.2 Å². The van der Waals surface area contributed by atoms with E-state index in [0.29, 0.717) is 17.8 Å². The Labute approximate surface area is 97.3 Å². The van der Waals surface area contributed by atoms with Crippen LogP contribution in [0.2, 0.25) is 0 Å². The van der Waals surface area contributed by atoms with Crippen molar-refractivity contribution in [3.63, 3.8) is 0 Å². The molecule has 1 aliphatic carbocycles. The van der Waals surface area contributed by atoms with E-state index in [0.717, 1.165) is 6.42 Å². The topological polar surface area (TPSA) is 26.3 Å². The van der Waals surface area contributed by atoms with Gasteiger partial charge in [0.25, 0.3) is 0 Å². The number of hydrogen-bond donors (Lipinski definition) is 0. The zero-order valence-electron chi connectivity index (χ0n) is 9.83. The van der Waals surface area contributed by atoms with Crippen LogP contribution in [0.15, 0.2) is 0 Å². The van der Waals surface area contributed by atoms with Gasteiger partial charge in [0.05, 0.1) is 0 Å². The molecule has 0 bridgehead atoms. The molecule has 0 aromatic heterocycles. The fraction of sp³-hybridized carbons (Fsp3) is 0.917. The van der Waals surface area contributed by atoms with Gasteiger partial charge >= 0.3 is 5.97 Å². The molecular formula is C12H21ClO2. The maximum Gasteiger partial charge on any atom is 0.321 e. The molecule has 0 N–H and O–H groups in total. The van der Waals surface area contributed by atoms with Crippen LogP contribution in [-0.2, 0) is 9.53 Å². The first kappa shape index (κ1) is 12.8. The summed E-state index contributed by atoms with van der Waals surface area (Å²) in [5.41, 5.74) is 0. The highest BCUT2D eigenvalue weighted by Crippen LogP contribution is 2.35. The molecule has 88 valence electrons. The lowest BCUT2D eigenvalue weighted by Gasteiger charge is -2.36. The van der Waals surface area contributed by atoms with Gasteiger partial charge in [-0.25, -0.2) is 0 Å². The van der Waals surface area contributed by atoms with Crippen LogP contribution in [0.1, 0.15) is 40.0 Å². The Kier molecular flexibility index (Phi) is 4.91. The van der Waals surface area contributed by atoms with Crippen molar-refractivity contribution in [1.82, 2.24) is 0 Å². The molecule has 0 aromatic rings. The Bertz CT molecular complexity index is 216. The monoisotopic (exact) mass is 232 g/mol. The number of carbonyl (C=O) groups excluding carboxylic acids is 1. The van der Waals surface area contributed by atoms with E-state index < -0.39 is 0 Å². The summed E-state index contributed by atoms with van der Waals surface area (Å²) in [7, 11) is 0. The first-order valence-electron chi connectivity index (χ1n) is 5.80. The molecule has 3 heteroatoms. The van der Waals surface area contributed by atoms with Gasteiger partial charge in [0, 0.05) is 0 Å². The zero-order valence-corrected chi connectivity index (χ0v) is 10.6. The van der Waals surface area contributed by atoms with Gasteiger partial charge in [0.15, 0.2) is 0 Å². The minimum atomic E-state index is -0.276. The van der Waals surface area contributed by atoms with Crippen molar-refractivity contribution in [3.8, 4) is 0 Å². The minimum absolute atomic E-state index is 0.0320. The molecule has 1 saturated carbocycles. The molecule has 0 aliphatic heterocycles. The second-order valence-corrected chi connectivity index (χ2v) is 5.26. The number of hydrogen-bond acceptors (Lipinski definition) is 2. The molecule has 15 heavy (non-hydrogen) atoms. The molecule has 0 heterocycles. The summed E-state index contributed by atoms with van der Waals surface area (Å²) in [6.07, 6.45) is 3.49. The summed E-state index contributed by atoms with van der Waals surface area (Å²) in [4.78, 5) is 11.2. The largest absolute Gasteiger partial charge is 0.461 e. The molecule has 1 rings (SSSR count). The molecular weight excluding hydrogens is 212 g/mol. The van der Waals surface area contributed by atoms with Gasteiger partial charge in [-0.15, -0.1) is 11.6 Å². The highest BCUT2D eigenvalue weighted by Gasteiger charge is 2.33. The van der Waals surface area contributed by atoms with Gasteiger partial charge in [-0.2, -0.15) is 0 Å². The molecule has 0 radical (unpaired) electrons. The third-order valence-corrected chi connectivity index (χ3v) is 3.57. The van der Waals surface area contributed by atoms with Crippen molar-refractivity contribution in [2.45, 2.75) is 46.1 Å². The van der Waals surface area contributed by atoms with Crippen LogP contribution in [0.4, 0.5) is 0 Å². The van der Waals surface area contributed by atoms with E-state index in [-0.39, 0.29) is 18.0 Å². The Morgan fingerprint density at radius 1 is 1.47 bits per heavy atom. The number of carbonyl (C=O) groups is 1. The van der Waals surface area contributed by atoms with Crippen LogP contribution < -0.4 is 0 Å². The second-order valence-electron chi connectivity index (χ2n) is 4.99. The summed E-state index contributed by atoms with van der Waals surface area (Å²) >= 11 is 5.46. The van der Waals surface area contributed by atoms with Crippen LogP contribution in [0.3, 0.4) is 0 Å². The van der Waals surface area contributed by atoms with Gasteiger partial charge in [-0.05, 0) is 30.6 Å². The van der Waals surface area contributed by atoms with Crippen LogP contribution >= 0.6 is 11.6 Å². The van der Waals surface area contributed by atoms with Crippen LogP contribution in [0, 0.1) is 17.8 Å². The van der Waals surface area contributed by atoms with E-state index in [1.807, 2.05) is 0 Å². The van der Waals surface area contributed by atoms with E-state index in [1.54, 1.807) is 0 Å². The van der Waals surface area contributed by atoms with Crippen LogP contribution in [-0.4, -0.2) is 18.0 Å². The lowest BCUT2D eigenvalue weighted by atomic mass is 9.75. The average molecular weight is 233 g/mol. The van der Waals surface area contributed by atoms with E-state index in [4.69, 9.17) is 16.3 Å². The Balaban J connectivity index is 2.57. The van der Waals surface area contributed by atoms with Crippen molar-refractivity contribution >= 4 is 17.6 Å². The van der Waals surface area contributed by atoms with E-state index in [1.165, 1.54) is 12.8 Å². The Morgan fingerprint density at radius 2 is 2.13 bits per heavy atom. The van der Waals surface area contributed by atoms with Crippen LogP contribution in [0.5, 0.6) is 0 Å². The predicted octanol–water partition coefficient (Wildman–Crippen LogP) is 3.23. The molecule has 0 saturated heterocycles. The van der Waals surface area contributed by atoms with Crippen molar-refractivity contribution < 1.29 is 9.53 Å². The normalized spacial score (nSPS) is 31.7. The highest BCUT2D eigenvalue weighted by atomic mass is 35.5. The third-order valence-electron chi connectivity index (χ3n) is 3.35. The van der Waals surface area contributed by atoms with Crippen molar-refractivity contribution in [2.75, 3.05) is 5.88 Å². The second kappa shape index (κ2) is 5.74. The van der Waals surface area contributed by atoms with Gasteiger partial charge in [0.1, 0.15) is 12.0 Å². The number of alkyl halides is 1. The Morgan fingerprint density at radius 3 is 2.67 bits per heavy atom. The summed E-state index contributed by atoms with van der Waals surface area (Å²) < 4.78 is 5.41. The standard InChI is InChI=1S/C12H21ClO2/c1-8(2)10-5-4-9(3)6-11(10)15-12(14)7-13/h8-11H,4-7H2,1-3H3/t9-,10?,11?/m1/s1. The highest BCUT2D eigenvalue weighted by molar-refractivity contribution is 6.26. The quantitative estimate of drug-likeness (QED) is 0.552. The van der Waals surface area contributed by atoms with Crippen LogP contribution in [0.25, 0.3) is 0 Å². The third kappa shape index (κ3) is 3.67. The number of ether oxygens (including phenoxy) is 1. The lowest BCUT2D eigenvalue weighted by Crippen LogP contribution is -2.36. The van der Waals surface area contributed by atoms with E-state index in [2.05, 4.69) is 20.8 Å². The average Bonchev–Trinajstić information content (AvgIpc) is 2.17. The molecule has 2 unspecified atom stereocenters. The first-order valence-corrected chi connectivity index (χ1v) is 6.33. The van der Waals surface area contributed by atoms with Gasteiger partial charge in [0.2, 0.25) is 0 Å². The summed E-state index contributed by atoms with van der Waals surface area (Å²) in [5, 5.41) is 0. The maximum atomic E-state index is 11.2. The fourth-order valence-corrected chi connectivity index (χ4v) is 2.51. The maximum absolute atomic E-state index is 11.2. The molecule has 0 amide bonds. The number of halogens is 1. The molecule has 1 aliphatic rings. The van der Waals surface area contributed by atoms with Crippen molar-refractivity contribution in [2.24, 2.45) is 17.8 Å². The fourth-order valence-electron chi connectivity index (χ4n) is 2.45. The molecule has 1 fully saturated rings.